The summed E-state index contributed by atoms with van der Waals surface area (Å²) in [5.74, 6) is -3.55. The molecular weight excluding hydrogens is 436 g/mol. The van der Waals surface area contributed by atoms with Gasteiger partial charge in [-0.15, -0.1) is 0 Å². The van der Waals surface area contributed by atoms with Crippen molar-refractivity contribution in [3.05, 3.63) is 34.9 Å². The maximum atomic E-state index is 13.0. The summed E-state index contributed by atoms with van der Waals surface area (Å²) in [4.78, 5) is 38.3. The van der Waals surface area contributed by atoms with Gasteiger partial charge in [-0.3, -0.25) is 9.59 Å². The Hall–Kier alpha value is -2.25. The van der Waals surface area contributed by atoms with Crippen molar-refractivity contribution in [3.8, 4) is 0 Å². The fourth-order valence-electron chi connectivity index (χ4n) is 7.32. The van der Waals surface area contributed by atoms with Crippen molar-refractivity contribution in [1.29, 1.82) is 0 Å². The van der Waals surface area contributed by atoms with Crippen molar-refractivity contribution >= 4 is 17.7 Å². The van der Waals surface area contributed by atoms with E-state index in [0.29, 0.717) is 23.1 Å². The van der Waals surface area contributed by atoms with Gasteiger partial charge in [0.2, 0.25) is 0 Å². The van der Waals surface area contributed by atoms with Crippen LogP contribution in [-0.2, 0) is 23.9 Å². The summed E-state index contributed by atoms with van der Waals surface area (Å²) in [5, 5.41) is 22.6. The van der Waals surface area contributed by atoms with E-state index in [0.717, 1.165) is 0 Å². The SMILES string of the molecule is C/C=C(\C)C(=O)O[C@@H]1[C@@H](C)[C@]2(O)[C@@H]3C=C(C)C(=O)[C@@H]3CC(CO)=C[C@@H]2[C@H]2C(C)(C)[C@]12OC(C)=O. The summed E-state index contributed by atoms with van der Waals surface area (Å²) in [6, 6.07) is 0. The first-order valence-electron chi connectivity index (χ1n) is 12.1. The lowest BCUT2D eigenvalue weighted by molar-refractivity contribution is -0.218. The smallest absolute Gasteiger partial charge is 0.333 e. The third kappa shape index (κ3) is 3.05. The number of ether oxygens (including phenoxy) is 2. The van der Waals surface area contributed by atoms with Crippen LogP contribution in [0, 0.1) is 35.0 Å². The summed E-state index contributed by atoms with van der Waals surface area (Å²) in [6.07, 6.45) is 4.83. The minimum Gasteiger partial charge on any atom is -0.454 e. The van der Waals surface area contributed by atoms with Crippen LogP contribution in [0.3, 0.4) is 0 Å². The molecule has 2 fully saturated rings. The summed E-state index contributed by atoms with van der Waals surface area (Å²) < 4.78 is 12.0. The molecule has 7 heteroatoms. The van der Waals surface area contributed by atoms with E-state index in [1.54, 1.807) is 26.8 Å². The molecule has 4 aliphatic carbocycles. The predicted molar refractivity (Wildman–Crippen MR) is 124 cm³/mol. The molecule has 0 aromatic rings. The molecule has 0 heterocycles. The molecule has 0 aromatic heterocycles. The molecule has 186 valence electrons. The van der Waals surface area contributed by atoms with Gasteiger partial charge in [0.05, 0.1) is 12.2 Å². The van der Waals surface area contributed by atoms with Gasteiger partial charge in [0.25, 0.3) is 0 Å². The Labute approximate surface area is 200 Å². The highest BCUT2D eigenvalue weighted by molar-refractivity contribution is 6.00. The number of aliphatic hydroxyl groups excluding tert-OH is 1. The van der Waals surface area contributed by atoms with E-state index in [1.165, 1.54) is 6.92 Å². The molecule has 0 aliphatic heterocycles. The number of allylic oxidation sites excluding steroid dienone is 2. The fourth-order valence-corrected chi connectivity index (χ4v) is 7.32. The number of aliphatic hydroxyl groups is 2. The molecule has 0 saturated heterocycles. The minimum atomic E-state index is -1.44. The molecule has 0 radical (unpaired) electrons. The second-order valence-electron chi connectivity index (χ2n) is 11.1. The zero-order valence-electron chi connectivity index (χ0n) is 21.0. The van der Waals surface area contributed by atoms with Gasteiger partial charge in [-0.1, -0.05) is 39.0 Å². The number of esters is 2. The van der Waals surface area contributed by atoms with Gasteiger partial charge in [0.1, 0.15) is 6.10 Å². The first-order valence-corrected chi connectivity index (χ1v) is 12.1. The summed E-state index contributed by atoms with van der Waals surface area (Å²) in [6.45, 7) is 12.0. The molecule has 7 nitrogen and oxygen atoms in total. The van der Waals surface area contributed by atoms with E-state index in [9.17, 15) is 24.6 Å². The van der Waals surface area contributed by atoms with Gasteiger partial charge >= 0.3 is 11.9 Å². The standard InChI is InChI=1S/C27H36O7/c1-8-13(2)24(31)33-23-15(4)26(32)19-9-14(3)21(30)18(19)10-17(12-28)11-20(26)22-25(6,7)27(22,23)34-16(5)29/h8-9,11,15,18-20,22-23,28,32H,10,12H2,1-7H3/b13-8+/t15-,18-,19-,20-,22+,23-,26+,27-/m1/s1. The van der Waals surface area contributed by atoms with Gasteiger partial charge in [-0.05, 0) is 38.3 Å². The second-order valence-corrected chi connectivity index (χ2v) is 11.1. The Morgan fingerprint density at radius 3 is 2.41 bits per heavy atom. The lowest BCUT2D eigenvalue weighted by Crippen LogP contribution is -2.63. The van der Waals surface area contributed by atoms with E-state index in [-0.39, 0.29) is 18.3 Å². The van der Waals surface area contributed by atoms with E-state index >= 15 is 0 Å². The Morgan fingerprint density at radius 1 is 1.21 bits per heavy atom. The van der Waals surface area contributed by atoms with Crippen LogP contribution in [0.2, 0.25) is 0 Å². The van der Waals surface area contributed by atoms with Crippen LogP contribution in [0.25, 0.3) is 0 Å². The maximum absolute atomic E-state index is 13.0. The number of carbonyl (C=O) groups is 3. The van der Waals surface area contributed by atoms with Crippen LogP contribution in [0.4, 0.5) is 0 Å². The van der Waals surface area contributed by atoms with Crippen molar-refractivity contribution in [3.63, 3.8) is 0 Å². The monoisotopic (exact) mass is 472 g/mol. The molecule has 4 aliphatic rings. The van der Waals surface area contributed by atoms with Gasteiger partial charge in [-0.25, -0.2) is 4.79 Å². The van der Waals surface area contributed by atoms with Crippen molar-refractivity contribution in [2.75, 3.05) is 6.61 Å². The lowest BCUT2D eigenvalue weighted by atomic mass is 9.60. The van der Waals surface area contributed by atoms with E-state index in [2.05, 4.69) is 0 Å². The molecule has 0 bridgehead atoms. The molecule has 2 saturated carbocycles. The van der Waals surface area contributed by atoms with Crippen molar-refractivity contribution < 1.29 is 34.1 Å². The zero-order chi connectivity index (χ0) is 25.4. The molecule has 0 amide bonds. The molecule has 34 heavy (non-hydrogen) atoms. The molecular formula is C27H36O7. The van der Waals surface area contributed by atoms with Gasteiger partial charge < -0.3 is 19.7 Å². The third-order valence-electron chi connectivity index (χ3n) is 9.19. The maximum Gasteiger partial charge on any atom is 0.333 e. The average molecular weight is 473 g/mol. The first-order chi connectivity index (χ1) is 15.8. The number of carbonyl (C=O) groups excluding carboxylic acids is 3. The number of hydrogen-bond acceptors (Lipinski definition) is 7. The van der Waals surface area contributed by atoms with E-state index < -0.39 is 58.3 Å². The molecule has 0 spiro atoms. The normalized spacial score (nSPS) is 42.4. The van der Waals surface area contributed by atoms with Crippen LogP contribution in [0.1, 0.15) is 54.9 Å². The van der Waals surface area contributed by atoms with E-state index in [4.69, 9.17) is 9.47 Å². The molecule has 4 rings (SSSR count). The second kappa shape index (κ2) is 7.89. The molecule has 0 unspecified atom stereocenters. The number of fused-ring (bicyclic) bond motifs is 5. The quantitative estimate of drug-likeness (QED) is 0.368. The topological polar surface area (TPSA) is 110 Å². The Kier molecular flexibility index (Phi) is 5.77. The first kappa shape index (κ1) is 24.9. The average Bonchev–Trinajstić information content (AvgIpc) is 3.16. The summed E-state index contributed by atoms with van der Waals surface area (Å²) in [7, 11) is 0. The van der Waals surface area contributed by atoms with Crippen molar-refractivity contribution in [1.82, 2.24) is 0 Å². The highest BCUT2D eigenvalue weighted by Crippen LogP contribution is 2.76. The largest absolute Gasteiger partial charge is 0.454 e. The van der Waals surface area contributed by atoms with Gasteiger partial charge in [0, 0.05) is 47.5 Å². The van der Waals surface area contributed by atoms with Crippen LogP contribution >= 0.6 is 0 Å². The Balaban J connectivity index is 1.92. The summed E-state index contributed by atoms with van der Waals surface area (Å²) in [5.41, 5.74) is -1.47. The van der Waals surface area contributed by atoms with E-state index in [1.807, 2.05) is 32.9 Å². The molecule has 2 N–H and O–H groups in total. The van der Waals surface area contributed by atoms with Crippen LogP contribution in [0.15, 0.2) is 34.9 Å². The van der Waals surface area contributed by atoms with Gasteiger partial charge in [-0.2, -0.15) is 0 Å². The van der Waals surface area contributed by atoms with Gasteiger partial charge in [0.15, 0.2) is 11.4 Å². The minimum absolute atomic E-state index is 0.0317. The highest BCUT2D eigenvalue weighted by Gasteiger charge is 2.87. The van der Waals surface area contributed by atoms with Crippen molar-refractivity contribution in [2.24, 2.45) is 35.0 Å². The predicted octanol–water partition coefficient (Wildman–Crippen LogP) is 2.90. The fraction of sp³-hybridized carbons (Fsp3) is 0.667. The number of rotatable bonds is 4. The van der Waals surface area contributed by atoms with Crippen LogP contribution in [0.5, 0.6) is 0 Å². The highest BCUT2D eigenvalue weighted by atomic mass is 16.6. The number of hydrogen-bond donors (Lipinski definition) is 2. The Bertz CT molecular complexity index is 1030. The number of Topliss-reactive ketones (excluding diaryl/α,β-unsaturated/α-hetero) is 1. The lowest BCUT2D eigenvalue weighted by Gasteiger charge is -2.52. The summed E-state index contributed by atoms with van der Waals surface area (Å²) >= 11 is 0. The molecule has 0 aromatic carbocycles. The third-order valence-corrected chi connectivity index (χ3v) is 9.19. The zero-order valence-corrected chi connectivity index (χ0v) is 21.0. The van der Waals surface area contributed by atoms with Crippen molar-refractivity contribution in [2.45, 2.75) is 72.2 Å². The Morgan fingerprint density at radius 2 is 1.85 bits per heavy atom. The molecule has 8 atom stereocenters. The van der Waals surface area contributed by atoms with Crippen LogP contribution < -0.4 is 0 Å². The number of ketones is 1. The van der Waals surface area contributed by atoms with Crippen LogP contribution in [-0.4, -0.2) is 51.8 Å².